The average molecular weight is 352 g/mol. The number of carbonyl (C=O) groups is 1. The van der Waals surface area contributed by atoms with E-state index in [2.05, 4.69) is 9.36 Å². The fraction of sp³-hybridized carbons (Fsp3) is 0.133. The second-order valence-electron chi connectivity index (χ2n) is 4.54. The van der Waals surface area contributed by atoms with Crippen LogP contribution < -0.4 is 4.90 Å². The summed E-state index contributed by atoms with van der Waals surface area (Å²) in [6, 6.07) is 8.84. The number of benzene rings is 1. The van der Waals surface area contributed by atoms with Gasteiger partial charge in [-0.15, -0.1) is 0 Å². The summed E-state index contributed by atoms with van der Waals surface area (Å²) >= 11 is 13.4. The second kappa shape index (κ2) is 6.20. The molecule has 2 aromatic heterocycles. The Kier molecular flexibility index (Phi) is 4.29. The molecule has 0 aliphatic carbocycles. The standard InChI is InChI=1S/C15H11Cl2N3OS/c1-2-20(15(21)9-6-7-12(17)18-8-9)14-13-10(16)4-3-5-11(13)22-19-14/h3-8H,2H2,1H3. The molecule has 0 saturated heterocycles. The summed E-state index contributed by atoms with van der Waals surface area (Å²) in [4.78, 5) is 18.3. The van der Waals surface area contributed by atoms with Gasteiger partial charge >= 0.3 is 0 Å². The van der Waals surface area contributed by atoms with Crippen LogP contribution in [0, 0.1) is 0 Å². The van der Waals surface area contributed by atoms with Crippen molar-refractivity contribution in [2.45, 2.75) is 6.92 Å². The van der Waals surface area contributed by atoms with Gasteiger partial charge in [0.2, 0.25) is 0 Å². The summed E-state index contributed by atoms with van der Waals surface area (Å²) in [6.07, 6.45) is 1.46. The molecule has 3 aromatic rings. The summed E-state index contributed by atoms with van der Waals surface area (Å²) in [5, 5.41) is 1.73. The Bertz CT molecular complexity index is 832. The molecule has 0 saturated carbocycles. The van der Waals surface area contributed by atoms with Gasteiger partial charge in [0.05, 0.1) is 20.7 Å². The number of rotatable bonds is 3. The van der Waals surface area contributed by atoms with E-state index in [1.54, 1.807) is 23.1 Å². The van der Waals surface area contributed by atoms with Crippen molar-refractivity contribution in [1.29, 1.82) is 0 Å². The van der Waals surface area contributed by atoms with Crippen LogP contribution in [0.1, 0.15) is 17.3 Å². The third-order valence-corrected chi connectivity index (χ3v) is 4.56. The summed E-state index contributed by atoms with van der Waals surface area (Å²) < 4.78 is 5.35. The van der Waals surface area contributed by atoms with E-state index in [1.165, 1.54) is 17.7 Å². The van der Waals surface area contributed by atoms with E-state index in [0.29, 0.717) is 28.1 Å². The average Bonchev–Trinajstić information content (AvgIpc) is 2.94. The van der Waals surface area contributed by atoms with E-state index in [0.717, 1.165) is 10.1 Å². The molecule has 22 heavy (non-hydrogen) atoms. The number of hydrogen-bond donors (Lipinski definition) is 0. The topological polar surface area (TPSA) is 46.1 Å². The summed E-state index contributed by atoms with van der Waals surface area (Å²) in [6.45, 7) is 2.37. The lowest BCUT2D eigenvalue weighted by Gasteiger charge is -2.19. The van der Waals surface area contributed by atoms with Gasteiger partial charge in [-0.05, 0) is 42.7 Å². The van der Waals surface area contributed by atoms with Crippen LogP contribution in [-0.2, 0) is 0 Å². The Morgan fingerprint density at radius 3 is 2.77 bits per heavy atom. The number of carbonyl (C=O) groups excluding carboxylic acids is 1. The minimum absolute atomic E-state index is 0.182. The minimum atomic E-state index is -0.182. The molecule has 0 aliphatic rings. The lowest BCUT2D eigenvalue weighted by Crippen LogP contribution is -2.31. The van der Waals surface area contributed by atoms with E-state index in [1.807, 2.05) is 19.1 Å². The molecule has 0 bridgehead atoms. The molecular weight excluding hydrogens is 341 g/mol. The van der Waals surface area contributed by atoms with Crippen LogP contribution in [0.5, 0.6) is 0 Å². The molecule has 0 radical (unpaired) electrons. The first-order valence-corrected chi connectivity index (χ1v) is 8.12. The third kappa shape index (κ3) is 2.67. The molecule has 0 aliphatic heterocycles. The van der Waals surface area contributed by atoms with Crippen LogP contribution in [0.3, 0.4) is 0 Å². The summed E-state index contributed by atoms with van der Waals surface area (Å²) in [7, 11) is 0. The minimum Gasteiger partial charge on any atom is -0.292 e. The largest absolute Gasteiger partial charge is 0.292 e. The van der Waals surface area contributed by atoms with E-state index < -0.39 is 0 Å². The zero-order valence-electron chi connectivity index (χ0n) is 11.6. The molecule has 0 N–H and O–H groups in total. The predicted molar refractivity (Wildman–Crippen MR) is 91.2 cm³/mol. The van der Waals surface area contributed by atoms with Gasteiger partial charge in [-0.1, -0.05) is 29.3 Å². The maximum Gasteiger partial charge on any atom is 0.261 e. The van der Waals surface area contributed by atoms with Crippen LogP contribution >= 0.6 is 34.7 Å². The highest BCUT2D eigenvalue weighted by atomic mass is 35.5. The fourth-order valence-electron chi connectivity index (χ4n) is 2.17. The Labute approximate surface area is 141 Å². The Morgan fingerprint density at radius 2 is 2.09 bits per heavy atom. The van der Waals surface area contributed by atoms with Crippen LogP contribution in [0.4, 0.5) is 5.82 Å². The number of pyridine rings is 1. The lowest BCUT2D eigenvalue weighted by molar-refractivity contribution is 0.0987. The first-order chi connectivity index (χ1) is 10.6. The van der Waals surface area contributed by atoms with E-state index >= 15 is 0 Å². The second-order valence-corrected chi connectivity index (χ2v) is 6.14. The van der Waals surface area contributed by atoms with Crippen molar-refractivity contribution in [2.24, 2.45) is 0 Å². The molecule has 0 spiro atoms. The smallest absolute Gasteiger partial charge is 0.261 e. The number of anilines is 1. The number of amides is 1. The van der Waals surface area contributed by atoms with Gasteiger partial charge in [-0.2, -0.15) is 4.37 Å². The van der Waals surface area contributed by atoms with Crippen molar-refractivity contribution >= 4 is 56.5 Å². The number of fused-ring (bicyclic) bond motifs is 1. The number of hydrogen-bond acceptors (Lipinski definition) is 4. The molecule has 0 atom stereocenters. The Balaban J connectivity index is 2.06. The van der Waals surface area contributed by atoms with Crippen molar-refractivity contribution in [2.75, 3.05) is 11.4 Å². The molecule has 112 valence electrons. The molecule has 7 heteroatoms. The lowest BCUT2D eigenvalue weighted by atomic mass is 10.2. The highest BCUT2D eigenvalue weighted by Crippen LogP contribution is 2.35. The first-order valence-electron chi connectivity index (χ1n) is 6.59. The highest BCUT2D eigenvalue weighted by Gasteiger charge is 2.22. The van der Waals surface area contributed by atoms with Crippen molar-refractivity contribution < 1.29 is 4.79 Å². The Morgan fingerprint density at radius 1 is 1.27 bits per heavy atom. The SMILES string of the molecule is CCN(C(=O)c1ccc(Cl)nc1)c1nsc2cccc(Cl)c12. The molecule has 1 aromatic carbocycles. The summed E-state index contributed by atoms with van der Waals surface area (Å²) in [5.41, 5.74) is 0.458. The van der Waals surface area contributed by atoms with Crippen LogP contribution in [0.2, 0.25) is 10.2 Å². The van der Waals surface area contributed by atoms with Crippen molar-refractivity contribution in [3.05, 3.63) is 52.3 Å². The van der Waals surface area contributed by atoms with E-state index in [9.17, 15) is 4.79 Å². The number of nitrogens with zero attached hydrogens (tertiary/aromatic N) is 3. The Hall–Kier alpha value is -1.69. The summed E-state index contributed by atoms with van der Waals surface area (Å²) in [5.74, 6) is 0.395. The molecule has 3 rings (SSSR count). The molecule has 0 fully saturated rings. The zero-order valence-corrected chi connectivity index (χ0v) is 13.9. The van der Waals surface area contributed by atoms with E-state index in [4.69, 9.17) is 23.2 Å². The molecule has 1 amide bonds. The van der Waals surface area contributed by atoms with Gasteiger partial charge in [0.25, 0.3) is 5.91 Å². The molecule has 4 nitrogen and oxygen atoms in total. The monoisotopic (exact) mass is 351 g/mol. The molecular formula is C15H11Cl2N3OS. The quantitative estimate of drug-likeness (QED) is 0.644. The van der Waals surface area contributed by atoms with Gasteiger partial charge in [-0.3, -0.25) is 9.69 Å². The van der Waals surface area contributed by atoms with Gasteiger partial charge in [0.1, 0.15) is 5.15 Å². The van der Waals surface area contributed by atoms with Gasteiger partial charge in [-0.25, -0.2) is 4.98 Å². The van der Waals surface area contributed by atoms with Gasteiger partial charge in [0.15, 0.2) is 5.82 Å². The van der Waals surface area contributed by atoms with Gasteiger partial charge < -0.3 is 0 Å². The van der Waals surface area contributed by atoms with Crippen LogP contribution in [0.15, 0.2) is 36.5 Å². The van der Waals surface area contributed by atoms with Crippen molar-refractivity contribution in [1.82, 2.24) is 9.36 Å². The number of halogens is 2. The maximum atomic E-state index is 12.7. The maximum absolute atomic E-state index is 12.7. The predicted octanol–water partition coefficient (Wildman–Crippen LogP) is 4.66. The van der Waals surface area contributed by atoms with Crippen molar-refractivity contribution in [3.8, 4) is 0 Å². The van der Waals surface area contributed by atoms with Crippen LogP contribution in [0.25, 0.3) is 10.1 Å². The molecule has 2 heterocycles. The normalized spacial score (nSPS) is 10.9. The van der Waals surface area contributed by atoms with Crippen LogP contribution in [-0.4, -0.2) is 21.8 Å². The number of aromatic nitrogens is 2. The van der Waals surface area contributed by atoms with Gasteiger partial charge in [0, 0.05) is 12.7 Å². The zero-order chi connectivity index (χ0) is 15.7. The fourth-order valence-corrected chi connectivity index (χ4v) is 3.40. The highest BCUT2D eigenvalue weighted by molar-refractivity contribution is 7.13. The molecule has 0 unspecified atom stereocenters. The van der Waals surface area contributed by atoms with Crippen molar-refractivity contribution in [3.63, 3.8) is 0 Å². The third-order valence-electron chi connectivity index (χ3n) is 3.22. The van der Waals surface area contributed by atoms with E-state index in [-0.39, 0.29) is 5.91 Å². The first kappa shape index (κ1) is 15.2.